The molecule has 5 heterocycles. The molecule has 610 valence electrons. The van der Waals surface area contributed by atoms with Crippen LogP contribution in [0.2, 0.25) is 0 Å². The Labute approximate surface area is 612 Å². The quantitative estimate of drug-likeness (QED) is 0.0197. The molecule has 0 aromatic rings. The van der Waals surface area contributed by atoms with Crippen LogP contribution in [0.15, 0.2) is 0 Å². The summed E-state index contributed by atoms with van der Waals surface area (Å²) in [5.74, 6) is -9.87. The van der Waals surface area contributed by atoms with Crippen molar-refractivity contribution in [3.63, 3.8) is 0 Å². The van der Waals surface area contributed by atoms with Crippen LogP contribution in [0, 0.1) is 29.6 Å². The Morgan fingerprint density at radius 3 is 1.41 bits per heavy atom. The minimum atomic E-state index is -2.12. The van der Waals surface area contributed by atoms with E-state index in [4.69, 9.17) is 71.1 Å². The van der Waals surface area contributed by atoms with E-state index in [0.717, 1.165) is 6.42 Å². The number of hydrogen-bond donors (Lipinski definition) is 13. The second kappa shape index (κ2) is 42.9. The van der Waals surface area contributed by atoms with Crippen molar-refractivity contribution in [2.24, 2.45) is 29.6 Å². The first-order valence-corrected chi connectivity index (χ1v) is 36.7. The molecule has 5 aliphatic heterocycles. The van der Waals surface area contributed by atoms with Crippen molar-refractivity contribution >= 4 is 35.8 Å². The lowest BCUT2D eigenvalue weighted by Gasteiger charge is -2.50. The molecular formula is C70H120O35. The van der Waals surface area contributed by atoms with Crippen LogP contribution < -0.4 is 0 Å². The molecule has 0 spiro atoms. The Balaban J connectivity index is 1.41. The summed E-state index contributed by atoms with van der Waals surface area (Å²) in [4.78, 5) is 77.5. The Bertz CT molecular complexity index is 2640. The largest absolute Gasteiger partial charge is 0.469 e. The number of aliphatic hydroxyl groups is 13. The molecule has 0 aliphatic carbocycles. The molecule has 13 N–H and O–H groups in total. The summed E-state index contributed by atoms with van der Waals surface area (Å²) in [5, 5.41) is 146. The average molecular weight is 1520 g/mol. The molecule has 36 atom stereocenters. The van der Waals surface area contributed by atoms with Crippen LogP contribution in [-0.2, 0) is 105 Å². The van der Waals surface area contributed by atoms with Crippen molar-refractivity contribution in [2.75, 3.05) is 20.3 Å². The molecule has 5 fully saturated rings. The summed E-state index contributed by atoms with van der Waals surface area (Å²) in [6, 6.07) is 0. The first-order chi connectivity index (χ1) is 49.3. The molecule has 5 aliphatic rings. The van der Waals surface area contributed by atoms with E-state index in [9.17, 15) is 95.2 Å². The first-order valence-electron chi connectivity index (χ1n) is 36.7. The fraction of sp³-hybridized carbons (Fsp3) is 0.914. The zero-order valence-corrected chi connectivity index (χ0v) is 62.8. The number of hydrogen-bond acceptors (Lipinski definition) is 35. The molecule has 5 saturated heterocycles. The van der Waals surface area contributed by atoms with Crippen molar-refractivity contribution < 1.29 is 171 Å². The second-order valence-corrected chi connectivity index (χ2v) is 28.7. The van der Waals surface area contributed by atoms with Gasteiger partial charge >= 0.3 is 35.8 Å². The molecule has 35 heteroatoms. The average Bonchev–Trinajstić information content (AvgIpc) is 0.772. The molecule has 0 unspecified atom stereocenters. The number of rotatable bonds is 39. The number of carbonyl (C=O) groups excluding carboxylic acids is 6. The number of aliphatic hydroxyl groups excluding tert-OH is 13. The van der Waals surface area contributed by atoms with Crippen molar-refractivity contribution in [1.82, 2.24) is 0 Å². The van der Waals surface area contributed by atoms with E-state index >= 15 is 0 Å². The van der Waals surface area contributed by atoms with E-state index in [1.807, 2.05) is 6.92 Å². The fourth-order valence-electron chi connectivity index (χ4n) is 12.1. The molecule has 0 aromatic carbocycles. The van der Waals surface area contributed by atoms with Crippen molar-refractivity contribution in [3.8, 4) is 0 Å². The number of esters is 6. The summed E-state index contributed by atoms with van der Waals surface area (Å²) in [6.07, 6.45) is -45.3. The SMILES string of the molecule is CCC[C@@H](CCCCCCC[C@H](O)CC(=O)OC)O[C@@H]1O[C@H](CO[C@@H]2O[C@@H](C)[C@H](O)[C@@H](OC(=O)[C@H](C)[C@@H](C)OC(=O)[C@H](C)[C@@H](C)O)[C@H]2O)[C@@H](O)[C@H](O)[C@H]1O[C@@H]1O[C@H](CO)[C@@H](O)[C@H](O)[C@H]1O[C@@H]1O[C@@H](C)[C@H](O[C@@H]2O[C@H](C)[C@@H](OC(=O)[C@H](C)[C@@H](C)OC(=O)[C@H](C)[C@@H](C)O)[C@H](O)[C@H]2O)[C@@H](O)[C@H]1OC(=O)[C@@H](C)CC. The van der Waals surface area contributed by atoms with Crippen LogP contribution in [0.4, 0.5) is 0 Å². The third-order valence-corrected chi connectivity index (χ3v) is 20.4. The maximum Gasteiger partial charge on any atom is 0.312 e. The highest BCUT2D eigenvalue weighted by atomic mass is 16.8. The van der Waals surface area contributed by atoms with Crippen LogP contribution in [-0.4, -0.2) is 313 Å². The van der Waals surface area contributed by atoms with Gasteiger partial charge in [0.25, 0.3) is 0 Å². The van der Waals surface area contributed by atoms with E-state index in [2.05, 4.69) is 4.74 Å². The highest BCUT2D eigenvalue weighted by Gasteiger charge is 2.58. The van der Waals surface area contributed by atoms with Crippen LogP contribution in [0.3, 0.4) is 0 Å². The Kier molecular flexibility index (Phi) is 37.4. The van der Waals surface area contributed by atoms with Gasteiger partial charge in [-0.2, -0.15) is 0 Å². The number of carbonyl (C=O) groups is 6. The third-order valence-electron chi connectivity index (χ3n) is 20.4. The van der Waals surface area contributed by atoms with E-state index < -0.39 is 269 Å². The number of ether oxygens (including phenoxy) is 16. The molecule has 5 rings (SSSR count). The standard InChI is InChI=1S/C70H120O35/c1-16-23-42(25-22-20-18-19-21-24-41(74)26-45(75)90-15)97-69-58(50(80)48(78)44(99-69)28-91-66-54(84)57(46(76)38(12)94-66)101-65(89)33(7)37(11)93-63(87)31(5)35(9)73)105-70-59(49(79)47(77)43(27-71)98-70)104-68-60(102-61(85)29(3)17-2)53(83)56(40(14)96-68)103-67-52(82)51(81)55(39(13)95-67)100-64(88)32(6)36(10)92-62(86)30(4)34(8)72/h29-44,46-60,66-74,76-84H,16-28H2,1-15H3/t29-,30+,31+,32+,33+,34+,35+,36+,37+,38-,39+,40-,41-,42-,43+,44+,46-,47+,48+,49-,50-,51+,52+,53+,54+,55+,56-,57+,58+,59+,60+,66+,67-,68-,69+,70-/m0/s1. The van der Waals surface area contributed by atoms with Gasteiger partial charge in [-0.1, -0.05) is 59.3 Å². The lowest BCUT2D eigenvalue weighted by atomic mass is 9.95. The normalized spacial score (nSPS) is 37.0. The molecular weight excluding hydrogens is 1400 g/mol. The predicted molar refractivity (Wildman–Crippen MR) is 357 cm³/mol. The fourth-order valence-corrected chi connectivity index (χ4v) is 12.1. The van der Waals surface area contributed by atoms with E-state index in [1.54, 1.807) is 6.92 Å². The Morgan fingerprint density at radius 2 is 0.876 bits per heavy atom. The minimum Gasteiger partial charge on any atom is -0.469 e. The van der Waals surface area contributed by atoms with Crippen molar-refractivity contribution in [2.45, 2.75) is 358 Å². The van der Waals surface area contributed by atoms with E-state index in [1.165, 1.54) is 90.2 Å². The monoisotopic (exact) mass is 1520 g/mol. The van der Waals surface area contributed by atoms with Crippen molar-refractivity contribution in [1.29, 1.82) is 0 Å². The first kappa shape index (κ1) is 91.5. The van der Waals surface area contributed by atoms with E-state index in [0.29, 0.717) is 51.4 Å². The summed E-state index contributed by atoms with van der Waals surface area (Å²) in [6.45, 7) is 18.8. The third kappa shape index (κ3) is 24.9. The van der Waals surface area contributed by atoms with Crippen LogP contribution >= 0.6 is 0 Å². The Morgan fingerprint density at radius 1 is 0.419 bits per heavy atom. The molecule has 0 bridgehead atoms. The van der Waals surface area contributed by atoms with Gasteiger partial charge in [-0.05, 0) is 102 Å². The van der Waals surface area contributed by atoms with Gasteiger partial charge in [0.2, 0.25) is 0 Å². The molecule has 105 heavy (non-hydrogen) atoms. The highest BCUT2D eigenvalue weighted by Crippen LogP contribution is 2.38. The number of methoxy groups -OCH3 is 1. The molecule has 0 aromatic heterocycles. The molecule has 0 saturated carbocycles. The van der Waals surface area contributed by atoms with Gasteiger partial charge in [0.1, 0.15) is 97.7 Å². The van der Waals surface area contributed by atoms with Gasteiger partial charge in [-0.3, -0.25) is 28.8 Å². The van der Waals surface area contributed by atoms with Crippen LogP contribution in [0.25, 0.3) is 0 Å². The molecule has 0 amide bonds. The zero-order valence-electron chi connectivity index (χ0n) is 62.8. The molecule has 0 radical (unpaired) electrons. The highest BCUT2D eigenvalue weighted by molar-refractivity contribution is 5.77. The summed E-state index contributed by atoms with van der Waals surface area (Å²) in [7, 11) is 1.24. The van der Waals surface area contributed by atoms with Crippen molar-refractivity contribution in [3.05, 3.63) is 0 Å². The summed E-state index contributed by atoms with van der Waals surface area (Å²) < 4.78 is 94.6. The van der Waals surface area contributed by atoms with Gasteiger partial charge in [-0.15, -0.1) is 0 Å². The lowest BCUT2D eigenvalue weighted by molar-refractivity contribution is -0.401. The predicted octanol–water partition coefficient (Wildman–Crippen LogP) is -1.13. The smallest absolute Gasteiger partial charge is 0.312 e. The molecule has 35 nitrogen and oxygen atoms in total. The van der Waals surface area contributed by atoms with Crippen LogP contribution in [0.5, 0.6) is 0 Å². The minimum absolute atomic E-state index is 0.135. The van der Waals surface area contributed by atoms with Gasteiger partial charge in [0.05, 0.1) is 99.1 Å². The van der Waals surface area contributed by atoms with E-state index in [-0.39, 0.29) is 12.8 Å². The summed E-state index contributed by atoms with van der Waals surface area (Å²) >= 11 is 0. The van der Waals surface area contributed by atoms with Crippen LogP contribution in [0.1, 0.15) is 168 Å². The summed E-state index contributed by atoms with van der Waals surface area (Å²) in [5.41, 5.74) is 0. The Hall–Kier alpha value is -4.10. The van der Waals surface area contributed by atoms with Gasteiger partial charge in [0.15, 0.2) is 49.8 Å². The topological polar surface area (TPSA) is 513 Å². The maximum atomic E-state index is 13.8. The second-order valence-electron chi connectivity index (χ2n) is 28.7. The van der Waals surface area contributed by atoms with Gasteiger partial charge in [0, 0.05) is 0 Å². The number of unbranched alkanes of at least 4 members (excludes halogenated alkanes) is 4. The zero-order chi connectivity index (χ0) is 78.8. The van der Waals surface area contributed by atoms with Gasteiger partial charge < -0.3 is 142 Å². The lowest BCUT2D eigenvalue weighted by Crippen LogP contribution is -2.68. The van der Waals surface area contributed by atoms with Gasteiger partial charge in [-0.25, -0.2) is 0 Å². The maximum absolute atomic E-state index is 13.8.